The number of rotatable bonds is 5. The fourth-order valence-corrected chi connectivity index (χ4v) is 3.11. The lowest BCUT2D eigenvalue weighted by molar-refractivity contribution is 0.308. The summed E-state index contributed by atoms with van der Waals surface area (Å²) in [7, 11) is 1.69. The maximum absolute atomic E-state index is 8.83. The van der Waals surface area contributed by atoms with Crippen LogP contribution in [0.1, 0.15) is 55.6 Å². The Kier molecular flexibility index (Phi) is 5.68. The third kappa shape index (κ3) is 4.13. The van der Waals surface area contributed by atoms with Crippen LogP contribution in [0.2, 0.25) is 0 Å². The molecule has 0 aromatic heterocycles. The SMILES string of the molecule is COC=CCC[C@H]1CC[C@H](c2ccc(C#N)cc2)CC1. The van der Waals surface area contributed by atoms with E-state index in [1.54, 1.807) is 13.4 Å². The summed E-state index contributed by atoms with van der Waals surface area (Å²) in [6.07, 6.45) is 11.5. The van der Waals surface area contributed by atoms with Gasteiger partial charge >= 0.3 is 0 Å². The highest BCUT2D eigenvalue weighted by Gasteiger charge is 2.21. The number of allylic oxidation sites excluding steroid dienone is 1. The van der Waals surface area contributed by atoms with E-state index in [-0.39, 0.29) is 0 Å². The van der Waals surface area contributed by atoms with Gasteiger partial charge in [0.25, 0.3) is 0 Å². The van der Waals surface area contributed by atoms with Crippen LogP contribution in [0, 0.1) is 17.2 Å². The normalized spacial score (nSPS) is 22.6. The van der Waals surface area contributed by atoms with Crippen molar-refractivity contribution < 1.29 is 4.74 Å². The number of hydrogen-bond donors (Lipinski definition) is 0. The summed E-state index contributed by atoms with van der Waals surface area (Å²) in [5.74, 6) is 1.56. The maximum atomic E-state index is 8.83. The Labute approximate surface area is 122 Å². The molecule has 0 saturated heterocycles. The second kappa shape index (κ2) is 7.75. The van der Waals surface area contributed by atoms with E-state index in [1.807, 2.05) is 12.1 Å². The molecule has 0 bridgehead atoms. The van der Waals surface area contributed by atoms with Gasteiger partial charge in [0.2, 0.25) is 0 Å². The Bertz CT molecular complexity index is 461. The first-order valence-electron chi connectivity index (χ1n) is 7.51. The van der Waals surface area contributed by atoms with E-state index in [1.165, 1.54) is 37.7 Å². The number of nitriles is 1. The fourth-order valence-electron chi connectivity index (χ4n) is 3.11. The predicted octanol–water partition coefficient (Wildman–Crippen LogP) is 4.77. The molecule has 2 rings (SSSR count). The van der Waals surface area contributed by atoms with Gasteiger partial charge in [0.1, 0.15) is 0 Å². The summed E-state index contributed by atoms with van der Waals surface area (Å²) in [5, 5.41) is 8.83. The summed E-state index contributed by atoms with van der Waals surface area (Å²) >= 11 is 0. The van der Waals surface area contributed by atoms with E-state index >= 15 is 0 Å². The molecule has 0 spiro atoms. The Morgan fingerprint density at radius 3 is 2.50 bits per heavy atom. The molecule has 1 aliphatic carbocycles. The molecule has 1 saturated carbocycles. The summed E-state index contributed by atoms with van der Waals surface area (Å²) in [4.78, 5) is 0. The van der Waals surface area contributed by atoms with Crippen molar-refractivity contribution in [1.29, 1.82) is 5.26 Å². The summed E-state index contributed by atoms with van der Waals surface area (Å²) in [5.41, 5.74) is 2.16. The molecule has 1 aliphatic rings. The average Bonchev–Trinajstić information content (AvgIpc) is 2.52. The molecule has 0 unspecified atom stereocenters. The Hall–Kier alpha value is -1.75. The van der Waals surface area contributed by atoms with Crippen molar-refractivity contribution in [2.45, 2.75) is 44.4 Å². The minimum absolute atomic E-state index is 0.688. The third-order valence-corrected chi connectivity index (χ3v) is 4.33. The molecular formula is C18H23NO. The van der Waals surface area contributed by atoms with E-state index in [0.29, 0.717) is 5.92 Å². The first-order valence-corrected chi connectivity index (χ1v) is 7.51. The average molecular weight is 269 g/mol. The molecule has 0 N–H and O–H groups in total. The third-order valence-electron chi connectivity index (χ3n) is 4.33. The van der Waals surface area contributed by atoms with E-state index in [0.717, 1.165) is 17.9 Å². The van der Waals surface area contributed by atoms with Crippen LogP contribution in [0.3, 0.4) is 0 Å². The van der Waals surface area contributed by atoms with Gasteiger partial charge in [-0.2, -0.15) is 5.26 Å². The van der Waals surface area contributed by atoms with Crippen LogP contribution < -0.4 is 0 Å². The molecule has 20 heavy (non-hydrogen) atoms. The van der Waals surface area contributed by atoms with Crippen molar-refractivity contribution >= 4 is 0 Å². The molecule has 2 heteroatoms. The highest BCUT2D eigenvalue weighted by molar-refractivity contribution is 5.33. The van der Waals surface area contributed by atoms with E-state index in [4.69, 9.17) is 10.00 Å². The summed E-state index contributed by atoms with van der Waals surface area (Å²) in [6, 6.07) is 10.3. The number of nitrogens with zero attached hydrogens (tertiary/aromatic N) is 1. The molecule has 0 aliphatic heterocycles. The van der Waals surface area contributed by atoms with Crippen molar-refractivity contribution in [2.75, 3.05) is 7.11 Å². The molecule has 1 aromatic carbocycles. The Morgan fingerprint density at radius 1 is 1.20 bits per heavy atom. The fraction of sp³-hybridized carbons (Fsp3) is 0.500. The molecule has 106 valence electrons. The monoisotopic (exact) mass is 269 g/mol. The lowest BCUT2D eigenvalue weighted by Crippen LogP contribution is -2.13. The minimum atomic E-state index is 0.688. The zero-order valence-corrected chi connectivity index (χ0v) is 12.2. The molecule has 0 atom stereocenters. The van der Waals surface area contributed by atoms with Crippen LogP contribution in [0.5, 0.6) is 0 Å². The highest BCUT2D eigenvalue weighted by Crippen LogP contribution is 2.37. The van der Waals surface area contributed by atoms with Gasteiger partial charge in [0.05, 0.1) is 25.0 Å². The van der Waals surface area contributed by atoms with E-state index < -0.39 is 0 Å². The molecule has 1 aromatic rings. The van der Waals surface area contributed by atoms with Gasteiger partial charge in [-0.25, -0.2) is 0 Å². The molecule has 1 fully saturated rings. The lowest BCUT2D eigenvalue weighted by Gasteiger charge is -2.28. The van der Waals surface area contributed by atoms with E-state index in [2.05, 4.69) is 24.3 Å². The van der Waals surface area contributed by atoms with Crippen LogP contribution in [-0.2, 0) is 4.74 Å². The van der Waals surface area contributed by atoms with Gasteiger partial charge in [-0.05, 0) is 74.1 Å². The van der Waals surface area contributed by atoms with Gasteiger partial charge < -0.3 is 4.74 Å². The van der Waals surface area contributed by atoms with Gasteiger partial charge in [-0.15, -0.1) is 0 Å². The molecule has 2 nitrogen and oxygen atoms in total. The standard InChI is InChI=1S/C18H23NO/c1-20-13-3-2-4-15-5-9-17(10-6-15)18-11-7-16(14-19)8-12-18/h3,7-8,11-13,15,17H,2,4-6,9-10H2,1H3/t15-,17-. The first-order chi connectivity index (χ1) is 9.83. The largest absolute Gasteiger partial charge is 0.505 e. The Morgan fingerprint density at radius 2 is 1.90 bits per heavy atom. The number of ether oxygens (including phenoxy) is 1. The van der Waals surface area contributed by atoms with Crippen LogP contribution in [0.15, 0.2) is 36.6 Å². The zero-order valence-electron chi connectivity index (χ0n) is 12.2. The quantitative estimate of drug-likeness (QED) is 0.721. The summed E-state index contributed by atoms with van der Waals surface area (Å²) in [6.45, 7) is 0. The van der Waals surface area contributed by atoms with Crippen molar-refractivity contribution in [3.8, 4) is 6.07 Å². The smallest absolute Gasteiger partial charge is 0.0991 e. The molecular weight excluding hydrogens is 246 g/mol. The Balaban J connectivity index is 1.78. The van der Waals surface area contributed by atoms with Crippen LogP contribution in [-0.4, -0.2) is 7.11 Å². The lowest BCUT2D eigenvalue weighted by atomic mass is 9.77. The van der Waals surface area contributed by atoms with Crippen LogP contribution >= 0.6 is 0 Å². The molecule has 0 amide bonds. The first kappa shape index (κ1) is 14.7. The molecule has 0 heterocycles. The van der Waals surface area contributed by atoms with Crippen LogP contribution in [0.25, 0.3) is 0 Å². The summed E-state index contributed by atoms with van der Waals surface area (Å²) < 4.78 is 4.92. The van der Waals surface area contributed by atoms with Gasteiger partial charge in [0, 0.05) is 0 Å². The van der Waals surface area contributed by atoms with Crippen molar-refractivity contribution in [2.24, 2.45) is 5.92 Å². The zero-order chi connectivity index (χ0) is 14.2. The van der Waals surface area contributed by atoms with E-state index in [9.17, 15) is 0 Å². The topological polar surface area (TPSA) is 33.0 Å². The highest BCUT2D eigenvalue weighted by atomic mass is 16.5. The van der Waals surface area contributed by atoms with Crippen molar-refractivity contribution in [3.63, 3.8) is 0 Å². The predicted molar refractivity (Wildman–Crippen MR) is 81.2 cm³/mol. The minimum Gasteiger partial charge on any atom is -0.505 e. The maximum Gasteiger partial charge on any atom is 0.0991 e. The van der Waals surface area contributed by atoms with Gasteiger partial charge in [-0.3, -0.25) is 0 Å². The van der Waals surface area contributed by atoms with Crippen molar-refractivity contribution in [3.05, 3.63) is 47.7 Å². The second-order valence-corrected chi connectivity index (χ2v) is 5.64. The second-order valence-electron chi connectivity index (χ2n) is 5.64. The number of hydrogen-bond acceptors (Lipinski definition) is 2. The number of benzene rings is 1. The van der Waals surface area contributed by atoms with Crippen LogP contribution in [0.4, 0.5) is 0 Å². The van der Waals surface area contributed by atoms with Crippen molar-refractivity contribution in [1.82, 2.24) is 0 Å². The number of methoxy groups -OCH3 is 1. The van der Waals surface area contributed by atoms with Gasteiger partial charge in [0.15, 0.2) is 0 Å². The molecule has 0 radical (unpaired) electrons. The van der Waals surface area contributed by atoms with Gasteiger partial charge in [-0.1, -0.05) is 12.1 Å².